The van der Waals surface area contributed by atoms with Crippen LogP contribution in [0.5, 0.6) is 0 Å². The van der Waals surface area contributed by atoms with Crippen LogP contribution in [0.2, 0.25) is 0 Å². The molecule has 0 N–H and O–H groups in total. The standard InChI is InChI=1S/C3H2O3.C3H6O/c4-3-5-1-2-6-3;1-3(2)4/h1-2H;1-2H3. The van der Waals surface area contributed by atoms with Gasteiger partial charge in [-0.05, 0) is 13.8 Å². The van der Waals surface area contributed by atoms with Crippen LogP contribution in [0.25, 0.3) is 0 Å². The predicted octanol–water partition coefficient (Wildman–Crippen LogP) is 0.828. The van der Waals surface area contributed by atoms with E-state index in [0.717, 1.165) is 0 Å². The van der Waals surface area contributed by atoms with Gasteiger partial charge in [0, 0.05) is 0 Å². The molecule has 1 aromatic rings. The zero-order valence-corrected chi connectivity index (χ0v) is 5.79. The Labute approximate surface area is 57.5 Å². The van der Waals surface area contributed by atoms with E-state index in [1.165, 1.54) is 26.4 Å². The predicted molar refractivity (Wildman–Crippen MR) is 33.6 cm³/mol. The van der Waals surface area contributed by atoms with Crippen molar-refractivity contribution in [2.24, 2.45) is 0 Å². The van der Waals surface area contributed by atoms with Gasteiger partial charge >= 0.3 is 5.82 Å². The quantitative estimate of drug-likeness (QED) is 0.541. The van der Waals surface area contributed by atoms with Crippen molar-refractivity contribution in [3.63, 3.8) is 0 Å². The Kier molecular flexibility index (Phi) is 3.95. The molecule has 0 aliphatic heterocycles. The highest BCUT2D eigenvalue weighted by molar-refractivity contribution is 5.72. The van der Waals surface area contributed by atoms with Crippen LogP contribution < -0.4 is 5.82 Å². The van der Waals surface area contributed by atoms with Crippen molar-refractivity contribution in [3.05, 3.63) is 23.1 Å². The van der Waals surface area contributed by atoms with Crippen LogP contribution in [0.4, 0.5) is 0 Å². The minimum absolute atomic E-state index is 0.167. The zero-order chi connectivity index (χ0) is 7.98. The second-order valence-electron chi connectivity index (χ2n) is 1.67. The maximum absolute atomic E-state index is 9.74. The van der Waals surface area contributed by atoms with E-state index in [2.05, 4.69) is 8.83 Å². The van der Waals surface area contributed by atoms with Gasteiger partial charge in [-0.2, -0.15) is 0 Å². The van der Waals surface area contributed by atoms with Crippen LogP contribution in [0.15, 0.2) is 26.2 Å². The summed E-state index contributed by atoms with van der Waals surface area (Å²) in [4.78, 5) is 19.2. The van der Waals surface area contributed by atoms with Gasteiger partial charge < -0.3 is 13.6 Å². The average Bonchev–Trinajstić information content (AvgIpc) is 2.15. The van der Waals surface area contributed by atoms with Gasteiger partial charge in [0.15, 0.2) is 0 Å². The molecule has 0 aliphatic rings. The fourth-order valence-corrected chi connectivity index (χ4v) is 0.194. The molecule has 0 fully saturated rings. The lowest BCUT2D eigenvalue weighted by molar-refractivity contribution is -0.114. The molecule has 0 saturated carbocycles. The summed E-state index contributed by atoms with van der Waals surface area (Å²) in [6, 6.07) is 0. The summed E-state index contributed by atoms with van der Waals surface area (Å²) < 4.78 is 8.22. The Morgan fingerprint density at radius 1 is 1.30 bits per heavy atom. The molecule has 0 bridgehead atoms. The van der Waals surface area contributed by atoms with Crippen LogP contribution in [0.3, 0.4) is 0 Å². The molecule has 4 nitrogen and oxygen atoms in total. The molecule has 0 atom stereocenters. The van der Waals surface area contributed by atoms with E-state index in [4.69, 9.17) is 0 Å². The smallest absolute Gasteiger partial charge is 0.399 e. The van der Waals surface area contributed by atoms with E-state index in [1.807, 2.05) is 0 Å². The summed E-state index contributed by atoms with van der Waals surface area (Å²) in [5.41, 5.74) is 0. The maximum Gasteiger partial charge on any atom is 0.518 e. The molecular formula is C6H8O4. The molecule has 10 heavy (non-hydrogen) atoms. The van der Waals surface area contributed by atoms with E-state index in [-0.39, 0.29) is 5.78 Å². The lowest BCUT2D eigenvalue weighted by Gasteiger charge is -1.56. The number of carbonyl (C=O) groups is 1. The third-order valence-electron chi connectivity index (χ3n) is 0.384. The minimum Gasteiger partial charge on any atom is -0.399 e. The molecule has 1 heterocycles. The minimum atomic E-state index is -0.657. The van der Waals surface area contributed by atoms with Gasteiger partial charge in [0.2, 0.25) is 0 Å². The van der Waals surface area contributed by atoms with E-state index in [1.54, 1.807) is 0 Å². The Morgan fingerprint density at radius 3 is 1.70 bits per heavy atom. The summed E-state index contributed by atoms with van der Waals surface area (Å²) in [6.45, 7) is 3.06. The number of carbonyl (C=O) groups excluding carboxylic acids is 1. The van der Waals surface area contributed by atoms with E-state index in [9.17, 15) is 9.59 Å². The number of hydrogen-bond donors (Lipinski definition) is 0. The molecule has 0 unspecified atom stereocenters. The summed E-state index contributed by atoms with van der Waals surface area (Å²) >= 11 is 0. The monoisotopic (exact) mass is 144 g/mol. The third kappa shape index (κ3) is 6.68. The van der Waals surface area contributed by atoms with E-state index in [0.29, 0.717) is 0 Å². The number of rotatable bonds is 0. The lowest BCUT2D eigenvalue weighted by atomic mass is 10.6. The summed E-state index contributed by atoms with van der Waals surface area (Å²) in [6.07, 6.45) is 2.37. The molecule has 0 saturated heterocycles. The van der Waals surface area contributed by atoms with Crippen molar-refractivity contribution in [2.75, 3.05) is 0 Å². The van der Waals surface area contributed by atoms with Crippen molar-refractivity contribution >= 4 is 5.78 Å². The van der Waals surface area contributed by atoms with Gasteiger partial charge in [-0.15, -0.1) is 0 Å². The Hall–Kier alpha value is -1.32. The van der Waals surface area contributed by atoms with Crippen LogP contribution in [0.1, 0.15) is 13.8 Å². The molecule has 0 radical (unpaired) electrons. The fraction of sp³-hybridized carbons (Fsp3) is 0.333. The van der Waals surface area contributed by atoms with Gasteiger partial charge in [0.05, 0.1) is 0 Å². The van der Waals surface area contributed by atoms with E-state index >= 15 is 0 Å². The average molecular weight is 144 g/mol. The van der Waals surface area contributed by atoms with Crippen LogP contribution in [-0.2, 0) is 4.79 Å². The number of ketones is 1. The third-order valence-corrected chi connectivity index (χ3v) is 0.384. The molecule has 56 valence electrons. The molecule has 1 rings (SSSR count). The zero-order valence-electron chi connectivity index (χ0n) is 5.79. The normalized spacial score (nSPS) is 7.80. The Balaban J connectivity index is 0.000000180. The van der Waals surface area contributed by atoms with Crippen molar-refractivity contribution in [3.8, 4) is 0 Å². The lowest BCUT2D eigenvalue weighted by Crippen LogP contribution is -1.83. The fourth-order valence-electron chi connectivity index (χ4n) is 0.194. The summed E-state index contributed by atoms with van der Waals surface area (Å²) in [7, 11) is 0. The molecule has 0 amide bonds. The molecule has 0 aliphatic carbocycles. The van der Waals surface area contributed by atoms with Crippen molar-refractivity contribution in [2.45, 2.75) is 13.8 Å². The SMILES string of the molecule is CC(C)=O.O=c1occo1. The van der Waals surface area contributed by atoms with Crippen LogP contribution >= 0.6 is 0 Å². The van der Waals surface area contributed by atoms with Crippen molar-refractivity contribution in [1.82, 2.24) is 0 Å². The van der Waals surface area contributed by atoms with Crippen LogP contribution in [-0.4, -0.2) is 5.78 Å². The molecular weight excluding hydrogens is 136 g/mol. The highest BCUT2D eigenvalue weighted by Gasteiger charge is 1.77. The van der Waals surface area contributed by atoms with Crippen LogP contribution in [0, 0.1) is 0 Å². The van der Waals surface area contributed by atoms with Gasteiger partial charge in [0.1, 0.15) is 18.3 Å². The molecule has 0 aromatic carbocycles. The summed E-state index contributed by atoms with van der Waals surface area (Å²) in [5.74, 6) is -0.491. The first-order valence-corrected chi connectivity index (χ1v) is 2.62. The highest BCUT2D eigenvalue weighted by atomic mass is 16.5. The maximum atomic E-state index is 9.74. The largest absolute Gasteiger partial charge is 0.518 e. The van der Waals surface area contributed by atoms with Crippen molar-refractivity contribution in [1.29, 1.82) is 0 Å². The Bertz CT molecular complexity index is 211. The number of hydrogen-bond acceptors (Lipinski definition) is 4. The second kappa shape index (κ2) is 4.55. The van der Waals surface area contributed by atoms with Gasteiger partial charge in [-0.3, -0.25) is 0 Å². The first-order valence-electron chi connectivity index (χ1n) is 2.62. The first-order chi connectivity index (χ1) is 4.63. The Morgan fingerprint density at radius 2 is 1.60 bits per heavy atom. The molecule has 1 aromatic heterocycles. The van der Waals surface area contributed by atoms with Gasteiger partial charge in [-0.1, -0.05) is 0 Å². The van der Waals surface area contributed by atoms with E-state index < -0.39 is 5.82 Å². The first kappa shape index (κ1) is 8.68. The molecule has 4 heteroatoms. The number of Topliss-reactive ketones (excluding diaryl/α,β-unsaturated/α-hetero) is 1. The van der Waals surface area contributed by atoms with Gasteiger partial charge in [-0.25, -0.2) is 4.79 Å². The van der Waals surface area contributed by atoms with Crippen molar-refractivity contribution < 1.29 is 13.6 Å². The molecule has 0 spiro atoms. The summed E-state index contributed by atoms with van der Waals surface area (Å²) in [5, 5.41) is 0. The topological polar surface area (TPSA) is 60.4 Å². The van der Waals surface area contributed by atoms with Gasteiger partial charge in [0.25, 0.3) is 0 Å². The highest BCUT2D eigenvalue weighted by Crippen LogP contribution is 1.70. The second-order valence-corrected chi connectivity index (χ2v) is 1.67.